The van der Waals surface area contributed by atoms with Crippen LogP contribution in [0.4, 0.5) is 19.1 Å². The van der Waals surface area contributed by atoms with E-state index in [4.69, 9.17) is 0 Å². The molecule has 0 atom stereocenters. The molecule has 5 nitrogen and oxygen atoms in total. The average Bonchev–Trinajstić information content (AvgIpc) is 2.30. The lowest BCUT2D eigenvalue weighted by molar-refractivity contribution is -0.142. The SMILES string of the molecule is CC(=O)Nc1ncn(CC(F)(F)F)n1. The van der Waals surface area contributed by atoms with Crippen molar-refractivity contribution in [3.63, 3.8) is 0 Å². The Morgan fingerprint density at radius 2 is 2.29 bits per heavy atom. The van der Waals surface area contributed by atoms with Crippen LogP contribution >= 0.6 is 0 Å². The molecule has 0 spiro atoms. The molecule has 0 saturated carbocycles. The van der Waals surface area contributed by atoms with Crippen molar-refractivity contribution in [3.05, 3.63) is 6.33 Å². The molecule has 0 aromatic carbocycles. The van der Waals surface area contributed by atoms with Gasteiger partial charge in [0, 0.05) is 6.92 Å². The van der Waals surface area contributed by atoms with Gasteiger partial charge in [0.25, 0.3) is 0 Å². The molecule has 1 amide bonds. The summed E-state index contributed by atoms with van der Waals surface area (Å²) in [5.74, 6) is -0.573. The van der Waals surface area contributed by atoms with E-state index >= 15 is 0 Å². The highest BCUT2D eigenvalue weighted by Gasteiger charge is 2.28. The summed E-state index contributed by atoms with van der Waals surface area (Å²) in [6, 6.07) is 0. The minimum atomic E-state index is -4.35. The van der Waals surface area contributed by atoms with Gasteiger partial charge in [0.1, 0.15) is 12.9 Å². The van der Waals surface area contributed by atoms with Gasteiger partial charge in [-0.2, -0.15) is 13.2 Å². The summed E-state index contributed by atoms with van der Waals surface area (Å²) in [5, 5.41) is 5.55. The Bertz CT molecular complexity index is 332. The molecule has 78 valence electrons. The van der Waals surface area contributed by atoms with Crippen LogP contribution in [0.1, 0.15) is 6.92 Å². The standard InChI is InChI=1S/C6H7F3N4O/c1-4(14)11-5-10-3-13(12-5)2-6(7,8)9/h3H,2H2,1H3,(H,11,12,14). The summed E-state index contributed by atoms with van der Waals surface area (Å²) in [7, 11) is 0. The molecule has 0 aliphatic heterocycles. The molecule has 0 unspecified atom stereocenters. The number of hydrogen-bond donors (Lipinski definition) is 1. The summed E-state index contributed by atoms with van der Waals surface area (Å²) in [5.41, 5.74) is 0. The molecule has 1 heterocycles. The van der Waals surface area contributed by atoms with Gasteiger partial charge in [-0.3, -0.25) is 10.1 Å². The fourth-order valence-corrected chi connectivity index (χ4v) is 0.769. The first-order valence-corrected chi connectivity index (χ1v) is 3.60. The van der Waals surface area contributed by atoms with E-state index in [1.54, 1.807) is 0 Å². The second kappa shape index (κ2) is 3.64. The Morgan fingerprint density at radius 3 is 2.79 bits per heavy atom. The number of carbonyl (C=O) groups excluding carboxylic acids is 1. The highest BCUT2D eigenvalue weighted by molar-refractivity contribution is 5.86. The van der Waals surface area contributed by atoms with E-state index in [9.17, 15) is 18.0 Å². The zero-order valence-electron chi connectivity index (χ0n) is 7.17. The molecule has 1 N–H and O–H groups in total. The van der Waals surface area contributed by atoms with E-state index in [1.807, 2.05) is 0 Å². The van der Waals surface area contributed by atoms with E-state index < -0.39 is 18.6 Å². The number of nitrogens with one attached hydrogen (secondary N) is 1. The van der Waals surface area contributed by atoms with E-state index in [0.29, 0.717) is 4.68 Å². The predicted molar refractivity (Wildman–Crippen MR) is 40.4 cm³/mol. The van der Waals surface area contributed by atoms with Crippen LogP contribution in [0, 0.1) is 0 Å². The summed E-state index contributed by atoms with van der Waals surface area (Å²) in [4.78, 5) is 13.9. The normalized spacial score (nSPS) is 11.4. The van der Waals surface area contributed by atoms with E-state index in [-0.39, 0.29) is 5.95 Å². The van der Waals surface area contributed by atoms with Crippen LogP contribution in [0.5, 0.6) is 0 Å². The second-order valence-corrected chi connectivity index (χ2v) is 2.56. The molecule has 0 bridgehead atoms. The summed E-state index contributed by atoms with van der Waals surface area (Å²) in [6.07, 6.45) is -3.44. The van der Waals surface area contributed by atoms with Crippen molar-refractivity contribution < 1.29 is 18.0 Å². The smallest absolute Gasteiger partial charge is 0.293 e. The maximum absolute atomic E-state index is 11.8. The zero-order chi connectivity index (χ0) is 10.8. The van der Waals surface area contributed by atoms with Crippen molar-refractivity contribution >= 4 is 11.9 Å². The first-order chi connectivity index (χ1) is 6.37. The van der Waals surface area contributed by atoms with Gasteiger partial charge in [-0.15, -0.1) is 5.10 Å². The molecule has 0 saturated heterocycles. The average molecular weight is 208 g/mol. The largest absolute Gasteiger partial charge is 0.408 e. The molecule has 14 heavy (non-hydrogen) atoms. The minimum absolute atomic E-state index is 0.137. The fraction of sp³-hybridized carbons (Fsp3) is 0.500. The van der Waals surface area contributed by atoms with Gasteiger partial charge in [-0.1, -0.05) is 0 Å². The Morgan fingerprint density at radius 1 is 1.64 bits per heavy atom. The first-order valence-electron chi connectivity index (χ1n) is 3.60. The highest BCUT2D eigenvalue weighted by Crippen LogP contribution is 2.16. The lowest BCUT2D eigenvalue weighted by Crippen LogP contribution is -2.18. The molecule has 8 heteroatoms. The van der Waals surface area contributed by atoms with E-state index in [2.05, 4.69) is 15.4 Å². The van der Waals surface area contributed by atoms with Crippen molar-refractivity contribution in [2.45, 2.75) is 19.6 Å². The molecule has 0 aliphatic rings. The Labute approximate surface area is 76.9 Å². The number of halogens is 3. The van der Waals surface area contributed by atoms with Gasteiger partial charge >= 0.3 is 6.18 Å². The molecule has 0 fully saturated rings. The first kappa shape index (κ1) is 10.5. The number of amides is 1. The number of carbonyl (C=O) groups is 1. The van der Waals surface area contributed by atoms with Crippen molar-refractivity contribution in [1.82, 2.24) is 14.8 Å². The van der Waals surface area contributed by atoms with Crippen LogP contribution in [-0.4, -0.2) is 26.8 Å². The molecule has 0 aliphatic carbocycles. The number of hydrogen-bond acceptors (Lipinski definition) is 3. The topological polar surface area (TPSA) is 59.8 Å². The maximum Gasteiger partial charge on any atom is 0.408 e. The quantitative estimate of drug-likeness (QED) is 0.781. The summed E-state index contributed by atoms with van der Waals surface area (Å²) >= 11 is 0. The van der Waals surface area contributed by atoms with Crippen molar-refractivity contribution in [2.75, 3.05) is 5.32 Å². The fourth-order valence-electron chi connectivity index (χ4n) is 0.769. The number of aromatic nitrogens is 3. The van der Waals surface area contributed by atoms with Crippen LogP contribution in [0.25, 0.3) is 0 Å². The highest BCUT2D eigenvalue weighted by atomic mass is 19.4. The van der Waals surface area contributed by atoms with Gasteiger partial charge in [-0.05, 0) is 0 Å². The van der Waals surface area contributed by atoms with Gasteiger partial charge in [0.2, 0.25) is 11.9 Å². The third kappa shape index (κ3) is 3.42. The van der Waals surface area contributed by atoms with E-state index in [1.165, 1.54) is 6.92 Å². The second-order valence-electron chi connectivity index (χ2n) is 2.56. The minimum Gasteiger partial charge on any atom is -0.293 e. The lowest BCUT2D eigenvalue weighted by Gasteiger charge is -2.04. The lowest BCUT2D eigenvalue weighted by atomic mass is 10.6. The Kier molecular flexibility index (Phi) is 2.73. The van der Waals surface area contributed by atoms with Crippen LogP contribution in [0.2, 0.25) is 0 Å². The van der Waals surface area contributed by atoms with Gasteiger partial charge < -0.3 is 0 Å². The number of anilines is 1. The van der Waals surface area contributed by atoms with E-state index in [0.717, 1.165) is 6.33 Å². The van der Waals surface area contributed by atoms with Crippen molar-refractivity contribution in [1.29, 1.82) is 0 Å². The molecule has 1 aromatic rings. The van der Waals surface area contributed by atoms with Crippen molar-refractivity contribution in [3.8, 4) is 0 Å². The predicted octanol–water partition coefficient (Wildman–Crippen LogP) is 0.799. The molecule has 0 radical (unpaired) electrons. The monoisotopic (exact) mass is 208 g/mol. The van der Waals surface area contributed by atoms with Crippen LogP contribution in [0.15, 0.2) is 6.33 Å². The number of nitrogens with zero attached hydrogens (tertiary/aromatic N) is 3. The van der Waals surface area contributed by atoms with Crippen LogP contribution in [-0.2, 0) is 11.3 Å². The number of rotatable bonds is 2. The van der Waals surface area contributed by atoms with Gasteiger partial charge in [0.15, 0.2) is 0 Å². The molecule has 1 rings (SSSR count). The molecular formula is C6H7F3N4O. The number of alkyl halides is 3. The van der Waals surface area contributed by atoms with Crippen LogP contribution in [0.3, 0.4) is 0 Å². The van der Waals surface area contributed by atoms with Crippen molar-refractivity contribution in [2.24, 2.45) is 0 Å². The maximum atomic E-state index is 11.8. The third-order valence-electron chi connectivity index (χ3n) is 1.17. The summed E-state index contributed by atoms with van der Waals surface area (Å²) in [6.45, 7) is -0.00988. The Balaban J connectivity index is 2.64. The van der Waals surface area contributed by atoms with Gasteiger partial charge in [0.05, 0.1) is 0 Å². The van der Waals surface area contributed by atoms with Crippen LogP contribution < -0.4 is 5.32 Å². The summed E-state index contributed by atoms with van der Waals surface area (Å²) < 4.78 is 36.1. The molecule has 1 aromatic heterocycles. The van der Waals surface area contributed by atoms with Gasteiger partial charge in [-0.25, -0.2) is 9.67 Å². The zero-order valence-corrected chi connectivity index (χ0v) is 7.17. The molecular weight excluding hydrogens is 201 g/mol. The Hall–Kier alpha value is -1.60. The third-order valence-corrected chi connectivity index (χ3v) is 1.17.